The summed E-state index contributed by atoms with van der Waals surface area (Å²) >= 11 is 1.23. The summed E-state index contributed by atoms with van der Waals surface area (Å²) in [6.07, 6.45) is 0.695. The molecule has 3 amide bonds. The smallest absolute Gasteiger partial charge is 0.322 e. The van der Waals surface area contributed by atoms with Crippen LogP contribution in [0.25, 0.3) is 0 Å². The first-order valence-electron chi connectivity index (χ1n) is 4.40. The third-order valence-corrected chi connectivity index (χ3v) is 2.62. The highest BCUT2D eigenvalue weighted by molar-refractivity contribution is 8.13. The second-order valence-corrected chi connectivity index (χ2v) is 4.18. The lowest BCUT2D eigenvalue weighted by Crippen LogP contribution is -2.29. The van der Waals surface area contributed by atoms with Crippen LogP contribution < -0.4 is 10.6 Å². The van der Waals surface area contributed by atoms with Crippen molar-refractivity contribution in [2.75, 3.05) is 5.75 Å². The van der Waals surface area contributed by atoms with Crippen LogP contribution in [0.1, 0.15) is 19.8 Å². The van der Waals surface area contributed by atoms with Crippen molar-refractivity contribution in [3.8, 4) is 0 Å². The molecule has 5 nitrogen and oxygen atoms in total. The SMILES string of the molecule is CCSC(=O)CC[C@H]1NC(=O)NC1=O. The number of nitrogens with one attached hydrogen (secondary N) is 2. The van der Waals surface area contributed by atoms with E-state index >= 15 is 0 Å². The Morgan fingerprint density at radius 1 is 1.50 bits per heavy atom. The molecule has 2 N–H and O–H groups in total. The second-order valence-electron chi connectivity index (χ2n) is 2.86. The van der Waals surface area contributed by atoms with E-state index in [1.807, 2.05) is 6.92 Å². The lowest BCUT2D eigenvalue weighted by Gasteiger charge is -2.04. The van der Waals surface area contributed by atoms with Gasteiger partial charge in [0.1, 0.15) is 6.04 Å². The first kappa shape index (κ1) is 11.0. The summed E-state index contributed by atoms with van der Waals surface area (Å²) in [5.41, 5.74) is 0. The van der Waals surface area contributed by atoms with Crippen molar-refractivity contribution in [1.29, 1.82) is 0 Å². The zero-order chi connectivity index (χ0) is 10.6. The predicted molar refractivity (Wildman–Crippen MR) is 52.8 cm³/mol. The number of hydrogen-bond acceptors (Lipinski definition) is 4. The molecule has 0 aromatic carbocycles. The van der Waals surface area contributed by atoms with Crippen molar-refractivity contribution in [3.63, 3.8) is 0 Å². The van der Waals surface area contributed by atoms with Gasteiger partial charge in [0.05, 0.1) is 0 Å². The number of imide groups is 1. The van der Waals surface area contributed by atoms with Gasteiger partial charge in [0, 0.05) is 6.42 Å². The summed E-state index contributed by atoms with van der Waals surface area (Å²) in [5.74, 6) is 0.395. The van der Waals surface area contributed by atoms with Gasteiger partial charge < -0.3 is 5.32 Å². The van der Waals surface area contributed by atoms with E-state index in [1.54, 1.807) is 0 Å². The fourth-order valence-corrected chi connectivity index (χ4v) is 1.74. The fourth-order valence-electron chi connectivity index (χ4n) is 1.16. The van der Waals surface area contributed by atoms with Gasteiger partial charge in [-0.3, -0.25) is 14.9 Å². The third-order valence-electron chi connectivity index (χ3n) is 1.80. The standard InChI is InChI=1S/C8H12N2O3S/c1-2-14-6(11)4-3-5-7(12)10-8(13)9-5/h5H,2-4H2,1H3,(H2,9,10,12,13)/t5-/m1/s1. The summed E-state index contributed by atoms with van der Waals surface area (Å²) in [6, 6.07) is -1.01. The van der Waals surface area contributed by atoms with Crippen molar-refractivity contribution in [1.82, 2.24) is 10.6 Å². The Kier molecular flexibility index (Phi) is 3.94. The minimum atomic E-state index is -0.538. The zero-order valence-corrected chi connectivity index (χ0v) is 8.65. The Bertz CT molecular complexity index is 267. The van der Waals surface area contributed by atoms with Gasteiger partial charge in [0.25, 0.3) is 5.91 Å². The van der Waals surface area contributed by atoms with E-state index in [-0.39, 0.29) is 11.0 Å². The first-order valence-corrected chi connectivity index (χ1v) is 5.39. The lowest BCUT2D eigenvalue weighted by atomic mass is 10.2. The second kappa shape index (κ2) is 4.99. The molecule has 0 spiro atoms. The van der Waals surface area contributed by atoms with Crippen LogP contribution >= 0.6 is 11.8 Å². The van der Waals surface area contributed by atoms with Crippen LogP contribution in [0.15, 0.2) is 0 Å². The Morgan fingerprint density at radius 2 is 2.21 bits per heavy atom. The molecule has 0 aromatic rings. The van der Waals surface area contributed by atoms with Gasteiger partial charge in [-0.2, -0.15) is 0 Å². The molecule has 14 heavy (non-hydrogen) atoms. The van der Waals surface area contributed by atoms with Gasteiger partial charge >= 0.3 is 6.03 Å². The summed E-state index contributed by atoms with van der Waals surface area (Å²) in [6.45, 7) is 1.90. The number of carbonyl (C=O) groups is 3. The highest BCUT2D eigenvalue weighted by Gasteiger charge is 2.29. The van der Waals surface area contributed by atoms with E-state index in [0.717, 1.165) is 5.75 Å². The van der Waals surface area contributed by atoms with Gasteiger partial charge in [-0.25, -0.2) is 4.79 Å². The maximum atomic E-state index is 11.1. The van der Waals surface area contributed by atoms with Crippen LogP contribution in [0.2, 0.25) is 0 Å². The van der Waals surface area contributed by atoms with E-state index in [4.69, 9.17) is 0 Å². The van der Waals surface area contributed by atoms with E-state index in [2.05, 4.69) is 10.6 Å². The highest BCUT2D eigenvalue weighted by Crippen LogP contribution is 2.10. The molecule has 1 saturated heterocycles. The number of carbonyl (C=O) groups excluding carboxylic acids is 3. The number of thioether (sulfide) groups is 1. The number of rotatable bonds is 4. The summed E-state index contributed by atoms with van der Waals surface area (Å²) in [7, 11) is 0. The molecule has 0 saturated carbocycles. The molecule has 78 valence electrons. The molecule has 1 aliphatic heterocycles. The number of amides is 3. The van der Waals surface area contributed by atoms with Crippen LogP contribution in [0, 0.1) is 0 Å². The molecule has 1 fully saturated rings. The van der Waals surface area contributed by atoms with Gasteiger partial charge in [0.2, 0.25) is 0 Å². The maximum absolute atomic E-state index is 11.1. The molecule has 0 radical (unpaired) electrons. The molecule has 0 aromatic heterocycles. The Labute approximate surface area is 86.0 Å². The number of hydrogen-bond donors (Lipinski definition) is 2. The predicted octanol–water partition coefficient (Wildman–Crippen LogP) is 0.254. The van der Waals surface area contributed by atoms with Crippen molar-refractivity contribution < 1.29 is 14.4 Å². The lowest BCUT2D eigenvalue weighted by molar-refractivity contribution is -0.120. The van der Waals surface area contributed by atoms with E-state index < -0.39 is 12.1 Å². The highest BCUT2D eigenvalue weighted by atomic mass is 32.2. The average molecular weight is 216 g/mol. The monoisotopic (exact) mass is 216 g/mol. The molecule has 1 atom stereocenters. The van der Waals surface area contributed by atoms with Crippen molar-refractivity contribution in [3.05, 3.63) is 0 Å². The van der Waals surface area contributed by atoms with Crippen molar-refractivity contribution >= 4 is 28.8 Å². The van der Waals surface area contributed by atoms with Gasteiger partial charge in [-0.05, 0) is 12.2 Å². The van der Waals surface area contributed by atoms with Gasteiger partial charge in [0.15, 0.2) is 5.12 Å². The molecular formula is C8H12N2O3S. The largest absolute Gasteiger partial charge is 0.326 e. The van der Waals surface area contributed by atoms with E-state index in [9.17, 15) is 14.4 Å². The molecule has 1 heterocycles. The van der Waals surface area contributed by atoms with Crippen LogP contribution in [-0.4, -0.2) is 28.8 Å². The van der Waals surface area contributed by atoms with Crippen molar-refractivity contribution in [2.45, 2.75) is 25.8 Å². The van der Waals surface area contributed by atoms with Gasteiger partial charge in [-0.15, -0.1) is 0 Å². The number of urea groups is 1. The van der Waals surface area contributed by atoms with E-state index in [0.29, 0.717) is 12.8 Å². The molecule has 0 unspecified atom stereocenters. The molecule has 1 rings (SSSR count). The normalized spacial score (nSPS) is 20.5. The first-order chi connectivity index (χ1) is 6.63. The average Bonchev–Trinajstić information content (AvgIpc) is 2.42. The Morgan fingerprint density at radius 3 is 2.71 bits per heavy atom. The molecule has 0 bridgehead atoms. The minimum Gasteiger partial charge on any atom is -0.326 e. The van der Waals surface area contributed by atoms with Crippen molar-refractivity contribution in [2.24, 2.45) is 0 Å². The summed E-state index contributed by atoms with van der Waals surface area (Å²) < 4.78 is 0. The Balaban J connectivity index is 2.28. The van der Waals surface area contributed by atoms with Crippen LogP contribution in [0.3, 0.4) is 0 Å². The van der Waals surface area contributed by atoms with E-state index in [1.165, 1.54) is 11.8 Å². The van der Waals surface area contributed by atoms with Crippen LogP contribution in [0.5, 0.6) is 0 Å². The third kappa shape index (κ3) is 3.02. The summed E-state index contributed by atoms with van der Waals surface area (Å²) in [5, 5.41) is 4.61. The maximum Gasteiger partial charge on any atom is 0.322 e. The molecule has 1 aliphatic rings. The minimum absolute atomic E-state index is 0.0569. The zero-order valence-electron chi connectivity index (χ0n) is 7.83. The van der Waals surface area contributed by atoms with Gasteiger partial charge in [-0.1, -0.05) is 18.7 Å². The quantitative estimate of drug-likeness (QED) is 0.661. The van der Waals surface area contributed by atoms with Crippen LogP contribution in [-0.2, 0) is 9.59 Å². The molecule has 0 aliphatic carbocycles. The topological polar surface area (TPSA) is 75.3 Å². The Hall–Kier alpha value is -1.04. The summed E-state index contributed by atoms with van der Waals surface area (Å²) in [4.78, 5) is 32.9. The fraction of sp³-hybridized carbons (Fsp3) is 0.625. The van der Waals surface area contributed by atoms with Crippen LogP contribution in [0.4, 0.5) is 4.79 Å². The molecular weight excluding hydrogens is 204 g/mol. The molecule has 6 heteroatoms.